The highest BCUT2D eigenvalue weighted by atomic mass is 16.2. The van der Waals surface area contributed by atoms with Crippen LogP contribution in [0.15, 0.2) is 77.7 Å². The molecule has 4 rings (SSSR count). The van der Waals surface area contributed by atoms with Gasteiger partial charge in [0, 0.05) is 30.3 Å². The van der Waals surface area contributed by atoms with Gasteiger partial charge in [-0.2, -0.15) is 0 Å². The van der Waals surface area contributed by atoms with Crippen LogP contribution in [0.1, 0.15) is 11.3 Å². The van der Waals surface area contributed by atoms with Gasteiger partial charge in [-0.3, -0.25) is 19.3 Å². The maximum absolute atomic E-state index is 12.9. The lowest BCUT2D eigenvalue weighted by atomic mass is 10.1. The first-order chi connectivity index (χ1) is 14.1. The summed E-state index contributed by atoms with van der Waals surface area (Å²) < 4.78 is 3.26. The van der Waals surface area contributed by atoms with E-state index in [1.54, 1.807) is 30.9 Å². The van der Waals surface area contributed by atoms with Crippen molar-refractivity contribution in [1.82, 2.24) is 14.3 Å². The third kappa shape index (κ3) is 3.48. The lowest BCUT2D eigenvalue weighted by Gasteiger charge is -2.07. The van der Waals surface area contributed by atoms with Crippen LogP contribution in [0.25, 0.3) is 22.7 Å². The summed E-state index contributed by atoms with van der Waals surface area (Å²) in [5.41, 5.74) is 3.06. The van der Waals surface area contributed by atoms with Crippen molar-refractivity contribution in [3.63, 3.8) is 0 Å². The number of nitrogens with one attached hydrogen (secondary N) is 1. The number of carbonyl (C=O) groups excluding carboxylic acids is 1. The summed E-state index contributed by atoms with van der Waals surface area (Å²) in [5.74, 6) is -0.371. The molecular weight excluding hydrogens is 364 g/mol. The molecule has 6 heteroatoms. The zero-order valence-electron chi connectivity index (χ0n) is 16.2. The standard InChI is InChI=1S/C23H20N4O2/c1-16-21(23(29)27(26(16)2)19-11-4-3-5-12-19)25-20(28)14-13-18-9-6-8-17-10-7-15-24-22(17)18/h3-15H,1-2H3,(H,25,28)/b14-13+. The minimum atomic E-state index is -0.371. The van der Waals surface area contributed by atoms with Crippen molar-refractivity contribution >= 4 is 28.6 Å². The number of benzene rings is 2. The molecular formula is C23H20N4O2. The van der Waals surface area contributed by atoms with Gasteiger partial charge in [0.2, 0.25) is 5.91 Å². The Bertz CT molecular complexity index is 1280. The van der Waals surface area contributed by atoms with Gasteiger partial charge in [0.15, 0.2) is 0 Å². The Labute approximate surface area is 167 Å². The van der Waals surface area contributed by atoms with Crippen LogP contribution in [-0.4, -0.2) is 20.3 Å². The summed E-state index contributed by atoms with van der Waals surface area (Å²) in [6.07, 6.45) is 4.85. The Hall–Kier alpha value is -3.93. The fourth-order valence-electron chi connectivity index (χ4n) is 3.30. The van der Waals surface area contributed by atoms with Crippen LogP contribution in [0.4, 0.5) is 5.69 Å². The minimum absolute atomic E-state index is 0.266. The molecule has 0 unspecified atom stereocenters. The van der Waals surface area contributed by atoms with Crippen molar-refractivity contribution in [3.05, 3.63) is 94.5 Å². The molecule has 0 aliphatic carbocycles. The number of hydrogen-bond acceptors (Lipinski definition) is 3. The molecule has 2 aromatic carbocycles. The van der Waals surface area contributed by atoms with Gasteiger partial charge in [0.25, 0.3) is 5.56 Å². The first kappa shape index (κ1) is 18.4. The van der Waals surface area contributed by atoms with Crippen molar-refractivity contribution in [2.45, 2.75) is 6.92 Å². The van der Waals surface area contributed by atoms with Gasteiger partial charge in [-0.15, -0.1) is 0 Å². The number of fused-ring (bicyclic) bond motifs is 1. The Morgan fingerprint density at radius 2 is 1.79 bits per heavy atom. The first-order valence-electron chi connectivity index (χ1n) is 9.23. The average molecular weight is 384 g/mol. The van der Waals surface area contributed by atoms with Crippen molar-refractivity contribution in [1.29, 1.82) is 0 Å². The Morgan fingerprint density at radius 3 is 2.59 bits per heavy atom. The second-order valence-corrected chi connectivity index (χ2v) is 6.68. The van der Waals surface area contributed by atoms with Gasteiger partial charge >= 0.3 is 0 Å². The molecule has 0 spiro atoms. The van der Waals surface area contributed by atoms with Gasteiger partial charge in [-0.25, -0.2) is 4.68 Å². The minimum Gasteiger partial charge on any atom is -0.316 e. The summed E-state index contributed by atoms with van der Waals surface area (Å²) in [6, 6.07) is 18.9. The molecule has 0 radical (unpaired) electrons. The number of hydrogen-bond donors (Lipinski definition) is 1. The zero-order chi connectivity index (χ0) is 20.4. The molecule has 0 atom stereocenters. The van der Waals surface area contributed by atoms with Gasteiger partial charge < -0.3 is 5.32 Å². The molecule has 4 aromatic rings. The largest absolute Gasteiger partial charge is 0.316 e. The van der Waals surface area contributed by atoms with E-state index >= 15 is 0 Å². The van der Waals surface area contributed by atoms with E-state index in [2.05, 4.69) is 10.3 Å². The summed E-state index contributed by atoms with van der Waals surface area (Å²) in [6.45, 7) is 1.80. The highest BCUT2D eigenvalue weighted by Gasteiger charge is 2.17. The van der Waals surface area contributed by atoms with Crippen molar-refractivity contribution < 1.29 is 4.79 Å². The van der Waals surface area contributed by atoms with Crippen LogP contribution in [0.5, 0.6) is 0 Å². The zero-order valence-corrected chi connectivity index (χ0v) is 16.2. The van der Waals surface area contributed by atoms with E-state index in [1.807, 2.05) is 60.7 Å². The highest BCUT2D eigenvalue weighted by molar-refractivity contribution is 6.03. The van der Waals surface area contributed by atoms with E-state index < -0.39 is 0 Å². The van der Waals surface area contributed by atoms with Crippen LogP contribution in [0.3, 0.4) is 0 Å². The lowest BCUT2D eigenvalue weighted by Crippen LogP contribution is -2.22. The topological polar surface area (TPSA) is 68.9 Å². The van der Waals surface area contributed by atoms with Crippen LogP contribution in [-0.2, 0) is 11.8 Å². The van der Waals surface area contributed by atoms with Crippen LogP contribution >= 0.6 is 0 Å². The predicted octanol–water partition coefficient (Wildman–Crippen LogP) is 3.68. The number of anilines is 1. The van der Waals surface area contributed by atoms with Crippen molar-refractivity contribution in [2.24, 2.45) is 7.05 Å². The molecule has 6 nitrogen and oxygen atoms in total. The number of para-hydroxylation sites is 2. The summed E-state index contributed by atoms with van der Waals surface area (Å²) in [5, 5.41) is 3.73. The number of carbonyl (C=O) groups is 1. The summed E-state index contributed by atoms with van der Waals surface area (Å²) in [4.78, 5) is 29.8. The number of pyridine rings is 1. The molecule has 2 aromatic heterocycles. The number of nitrogens with zero attached hydrogens (tertiary/aromatic N) is 3. The van der Waals surface area contributed by atoms with E-state index in [0.29, 0.717) is 5.69 Å². The summed E-state index contributed by atoms with van der Waals surface area (Å²) in [7, 11) is 1.79. The van der Waals surface area contributed by atoms with E-state index in [1.165, 1.54) is 10.8 Å². The molecule has 0 bridgehead atoms. The molecule has 0 saturated carbocycles. The van der Waals surface area contributed by atoms with Crippen LogP contribution < -0.4 is 10.9 Å². The molecule has 2 heterocycles. The van der Waals surface area contributed by atoms with Gasteiger partial charge in [0.1, 0.15) is 5.69 Å². The van der Waals surface area contributed by atoms with Gasteiger partial charge in [-0.05, 0) is 31.2 Å². The van der Waals surface area contributed by atoms with Crippen LogP contribution in [0.2, 0.25) is 0 Å². The highest BCUT2D eigenvalue weighted by Crippen LogP contribution is 2.18. The second-order valence-electron chi connectivity index (χ2n) is 6.68. The van der Waals surface area contributed by atoms with E-state index in [-0.39, 0.29) is 17.2 Å². The third-order valence-electron chi connectivity index (χ3n) is 4.88. The van der Waals surface area contributed by atoms with Crippen LogP contribution in [0, 0.1) is 6.92 Å². The summed E-state index contributed by atoms with van der Waals surface area (Å²) >= 11 is 0. The first-order valence-corrected chi connectivity index (χ1v) is 9.23. The normalized spacial score (nSPS) is 11.2. The Morgan fingerprint density at radius 1 is 1.03 bits per heavy atom. The molecule has 1 amide bonds. The van der Waals surface area contributed by atoms with Crippen molar-refractivity contribution in [2.75, 3.05) is 5.32 Å². The predicted molar refractivity (Wildman–Crippen MR) is 115 cm³/mol. The van der Waals surface area contributed by atoms with Crippen molar-refractivity contribution in [3.8, 4) is 5.69 Å². The average Bonchev–Trinajstić information content (AvgIpc) is 2.96. The van der Waals surface area contributed by atoms with E-state index in [9.17, 15) is 9.59 Å². The number of amides is 1. The number of rotatable bonds is 4. The van der Waals surface area contributed by atoms with E-state index in [4.69, 9.17) is 0 Å². The number of aromatic nitrogens is 3. The lowest BCUT2D eigenvalue weighted by molar-refractivity contribution is -0.111. The monoisotopic (exact) mass is 384 g/mol. The fraction of sp³-hybridized carbons (Fsp3) is 0.0870. The van der Waals surface area contributed by atoms with Gasteiger partial charge in [0.05, 0.1) is 16.9 Å². The SMILES string of the molecule is Cc1c(NC(=O)/C=C/c2cccc3cccnc23)c(=O)n(-c2ccccc2)n1C. The molecule has 1 N–H and O–H groups in total. The fourth-order valence-corrected chi connectivity index (χ4v) is 3.30. The quantitative estimate of drug-likeness (QED) is 0.546. The molecule has 144 valence electrons. The molecule has 0 fully saturated rings. The third-order valence-corrected chi connectivity index (χ3v) is 4.88. The smallest absolute Gasteiger partial charge is 0.295 e. The Kier molecular flexibility index (Phi) is 4.83. The molecule has 29 heavy (non-hydrogen) atoms. The maximum atomic E-state index is 12.9. The molecule has 0 saturated heterocycles. The maximum Gasteiger partial charge on any atom is 0.295 e. The Balaban J connectivity index is 1.62. The van der Waals surface area contributed by atoms with E-state index in [0.717, 1.165) is 22.2 Å². The molecule has 0 aliphatic rings. The second kappa shape index (κ2) is 7.59. The van der Waals surface area contributed by atoms with Gasteiger partial charge in [-0.1, -0.05) is 42.5 Å². The molecule has 0 aliphatic heterocycles.